The van der Waals surface area contributed by atoms with Crippen LogP contribution >= 0.6 is 0 Å². The fourth-order valence-electron chi connectivity index (χ4n) is 2.96. The first-order valence-electron chi connectivity index (χ1n) is 7.85. The van der Waals surface area contributed by atoms with E-state index in [4.69, 9.17) is 10.7 Å². The number of piperazine rings is 1. The molecule has 0 bridgehead atoms. The number of anilines is 1. The molecule has 1 unspecified atom stereocenters. The molecule has 1 aliphatic rings. The Bertz CT molecular complexity index is 618. The first-order chi connectivity index (χ1) is 10.6. The van der Waals surface area contributed by atoms with Crippen LogP contribution in [-0.2, 0) is 0 Å². The number of likely N-dealkylation sites (N-methyl/N-ethyl adjacent to an activating group) is 1. The molecular weight excluding hydrogens is 272 g/mol. The molecule has 1 saturated heterocycles. The summed E-state index contributed by atoms with van der Waals surface area (Å²) in [5.74, 6) is 1.09. The molecule has 1 aromatic heterocycles. The molecule has 0 saturated carbocycles. The van der Waals surface area contributed by atoms with E-state index in [1.54, 1.807) is 0 Å². The van der Waals surface area contributed by atoms with Crippen LogP contribution in [0.1, 0.15) is 22.7 Å². The second kappa shape index (κ2) is 6.46. The molecule has 1 fully saturated rings. The second-order valence-corrected chi connectivity index (χ2v) is 6.09. The van der Waals surface area contributed by atoms with E-state index in [1.165, 1.54) is 5.56 Å². The Kier molecular flexibility index (Phi) is 4.41. The number of nitrogens with zero attached hydrogens (tertiary/aromatic N) is 3. The van der Waals surface area contributed by atoms with E-state index in [2.05, 4.69) is 42.0 Å². The monoisotopic (exact) mass is 296 g/mol. The zero-order chi connectivity index (χ0) is 15.5. The van der Waals surface area contributed by atoms with Gasteiger partial charge < -0.3 is 15.5 Å². The highest BCUT2D eigenvalue weighted by Gasteiger charge is 2.18. The Morgan fingerprint density at radius 1 is 1.05 bits per heavy atom. The molecule has 2 heterocycles. The van der Waals surface area contributed by atoms with Crippen molar-refractivity contribution in [2.45, 2.75) is 13.0 Å². The number of benzene rings is 1. The van der Waals surface area contributed by atoms with Crippen molar-refractivity contribution in [2.24, 2.45) is 5.73 Å². The standard InChI is InChI=1S/C18H24N4/c1-14-12-16(17(19)15-6-4-3-5-7-15)13-20-18(14)22-10-8-21(2)9-11-22/h3-7,12-13,17H,8-11,19H2,1-2H3. The number of pyridine rings is 1. The maximum Gasteiger partial charge on any atom is 0.131 e. The van der Waals surface area contributed by atoms with E-state index in [0.717, 1.165) is 43.1 Å². The molecule has 2 N–H and O–H groups in total. The number of rotatable bonds is 3. The van der Waals surface area contributed by atoms with Gasteiger partial charge in [0.1, 0.15) is 5.82 Å². The van der Waals surface area contributed by atoms with Crippen LogP contribution in [-0.4, -0.2) is 43.1 Å². The minimum absolute atomic E-state index is 0.117. The molecule has 0 spiro atoms. The first kappa shape index (κ1) is 15.0. The number of aromatic nitrogens is 1. The van der Waals surface area contributed by atoms with E-state index in [-0.39, 0.29) is 6.04 Å². The van der Waals surface area contributed by atoms with Gasteiger partial charge in [0.25, 0.3) is 0 Å². The number of hydrogen-bond acceptors (Lipinski definition) is 4. The lowest BCUT2D eigenvalue weighted by molar-refractivity contribution is 0.312. The number of aryl methyl sites for hydroxylation is 1. The molecule has 0 aliphatic carbocycles. The van der Waals surface area contributed by atoms with Gasteiger partial charge in [0.2, 0.25) is 0 Å². The minimum Gasteiger partial charge on any atom is -0.354 e. The normalized spacial score (nSPS) is 17.5. The van der Waals surface area contributed by atoms with Crippen LogP contribution in [0, 0.1) is 6.92 Å². The Morgan fingerprint density at radius 3 is 2.36 bits per heavy atom. The van der Waals surface area contributed by atoms with Crippen LogP contribution in [0.5, 0.6) is 0 Å². The summed E-state index contributed by atoms with van der Waals surface area (Å²) in [5.41, 5.74) is 9.77. The van der Waals surface area contributed by atoms with Crippen molar-refractivity contribution in [2.75, 3.05) is 38.1 Å². The van der Waals surface area contributed by atoms with Gasteiger partial charge in [-0.2, -0.15) is 0 Å². The smallest absolute Gasteiger partial charge is 0.131 e. The second-order valence-electron chi connectivity index (χ2n) is 6.09. The molecule has 2 aromatic rings. The maximum absolute atomic E-state index is 6.37. The molecule has 1 atom stereocenters. The molecule has 0 radical (unpaired) electrons. The lowest BCUT2D eigenvalue weighted by Gasteiger charge is -2.34. The summed E-state index contributed by atoms with van der Waals surface area (Å²) in [6.07, 6.45) is 1.93. The van der Waals surface area contributed by atoms with Crippen LogP contribution in [0.3, 0.4) is 0 Å². The molecule has 116 valence electrons. The molecule has 0 amide bonds. The Morgan fingerprint density at radius 2 is 1.73 bits per heavy atom. The molecule has 4 nitrogen and oxygen atoms in total. The van der Waals surface area contributed by atoms with Gasteiger partial charge in [-0.3, -0.25) is 0 Å². The minimum atomic E-state index is -0.117. The van der Waals surface area contributed by atoms with Gasteiger partial charge in [0.15, 0.2) is 0 Å². The van der Waals surface area contributed by atoms with Gasteiger partial charge in [0.05, 0.1) is 6.04 Å². The topological polar surface area (TPSA) is 45.4 Å². The van der Waals surface area contributed by atoms with Crippen molar-refractivity contribution in [3.8, 4) is 0 Å². The average Bonchev–Trinajstić information content (AvgIpc) is 2.56. The molecular formula is C18H24N4. The van der Waals surface area contributed by atoms with Crippen molar-refractivity contribution in [1.82, 2.24) is 9.88 Å². The summed E-state index contributed by atoms with van der Waals surface area (Å²) in [6, 6.07) is 12.2. The third-order valence-electron chi connectivity index (χ3n) is 4.39. The van der Waals surface area contributed by atoms with Gasteiger partial charge in [-0.15, -0.1) is 0 Å². The third-order valence-corrected chi connectivity index (χ3v) is 4.39. The Balaban J connectivity index is 1.80. The molecule has 3 rings (SSSR count). The highest BCUT2D eigenvalue weighted by molar-refractivity contribution is 5.49. The van der Waals surface area contributed by atoms with E-state index in [9.17, 15) is 0 Å². The van der Waals surface area contributed by atoms with Gasteiger partial charge >= 0.3 is 0 Å². The largest absolute Gasteiger partial charge is 0.354 e. The van der Waals surface area contributed by atoms with Crippen LogP contribution < -0.4 is 10.6 Å². The fourth-order valence-corrected chi connectivity index (χ4v) is 2.96. The molecule has 4 heteroatoms. The average molecular weight is 296 g/mol. The van der Waals surface area contributed by atoms with E-state index >= 15 is 0 Å². The van der Waals surface area contributed by atoms with E-state index in [0.29, 0.717) is 0 Å². The summed E-state index contributed by atoms with van der Waals surface area (Å²) in [6.45, 7) is 6.38. The Labute approximate surface area is 132 Å². The van der Waals surface area contributed by atoms with Crippen molar-refractivity contribution in [1.29, 1.82) is 0 Å². The van der Waals surface area contributed by atoms with Crippen molar-refractivity contribution in [3.63, 3.8) is 0 Å². The molecule has 22 heavy (non-hydrogen) atoms. The lowest BCUT2D eigenvalue weighted by atomic mass is 10.00. The van der Waals surface area contributed by atoms with Gasteiger partial charge in [-0.25, -0.2) is 4.98 Å². The molecule has 1 aromatic carbocycles. The summed E-state index contributed by atoms with van der Waals surface area (Å²) in [7, 11) is 2.17. The summed E-state index contributed by atoms with van der Waals surface area (Å²) >= 11 is 0. The lowest BCUT2D eigenvalue weighted by Crippen LogP contribution is -2.45. The summed E-state index contributed by atoms with van der Waals surface area (Å²) in [4.78, 5) is 9.42. The number of nitrogens with two attached hydrogens (primary N) is 1. The van der Waals surface area contributed by atoms with Crippen LogP contribution in [0.4, 0.5) is 5.82 Å². The van der Waals surface area contributed by atoms with Crippen molar-refractivity contribution >= 4 is 5.82 Å². The van der Waals surface area contributed by atoms with E-state index < -0.39 is 0 Å². The SMILES string of the molecule is Cc1cc(C(N)c2ccccc2)cnc1N1CCN(C)CC1. The quantitative estimate of drug-likeness (QED) is 0.943. The van der Waals surface area contributed by atoms with Crippen molar-refractivity contribution < 1.29 is 0 Å². The maximum atomic E-state index is 6.37. The predicted molar refractivity (Wildman–Crippen MR) is 91.2 cm³/mol. The zero-order valence-corrected chi connectivity index (χ0v) is 13.4. The predicted octanol–water partition coefficient (Wildman–Crippen LogP) is 2.19. The zero-order valence-electron chi connectivity index (χ0n) is 13.4. The highest BCUT2D eigenvalue weighted by Crippen LogP contribution is 2.24. The van der Waals surface area contributed by atoms with Crippen molar-refractivity contribution in [3.05, 3.63) is 59.3 Å². The first-order valence-corrected chi connectivity index (χ1v) is 7.85. The highest BCUT2D eigenvalue weighted by atomic mass is 15.3. The third kappa shape index (κ3) is 3.13. The van der Waals surface area contributed by atoms with Crippen LogP contribution in [0.15, 0.2) is 42.6 Å². The van der Waals surface area contributed by atoms with Crippen LogP contribution in [0.25, 0.3) is 0 Å². The van der Waals surface area contributed by atoms with Gasteiger partial charge in [-0.05, 0) is 36.7 Å². The number of hydrogen-bond donors (Lipinski definition) is 1. The van der Waals surface area contributed by atoms with Crippen LogP contribution in [0.2, 0.25) is 0 Å². The van der Waals surface area contributed by atoms with Gasteiger partial charge in [0, 0.05) is 32.4 Å². The summed E-state index contributed by atoms with van der Waals surface area (Å²) < 4.78 is 0. The Hall–Kier alpha value is -1.91. The van der Waals surface area contributed by atoms with Gasteiger partial charge in [-0.1, -0.05) is 30.3 Å². The summed E-state index contributed by atoms with van der Waals surface area (Å²) in [5, 5.41) is 0. The molecule has 1 aliphatic heterocycles. The van der Waals surface area contributed by atoms with E-state index in [1.807, 2.05) is 24.4 Å². The fraction of sp³-hybridized carbons (Fsp3) is 0.389.